The van der Waals surface area contributed by atoms with Crippen molar-refractivity contribution < 1.29 is 13.6 Å². The number of hydrogen-bond donors (Lipinski definition) is 3. The number of carbonyl (C=O) groups is 1. The molecule has 0 radical (unpaired) electrons. The minimum atomic E-state index is -0.785. The van der Waals surface area contributed by atoms with Gasteiger partial charge in [0.1, 0.15) is 17.3 Å². The molecule has 6 nitrogen and oxygen atoms in total. The zero-order valence-electron chi connectivity index (χ0n) is 9.82. The molecule has 2 rings (SSSR count). The number of carbonyl (C=O) groups excluding carboxylic acids is 1. The van der Waals surface area contributed by atoms with Gasteiger partial charge in [0.05, 0.1) is 22.6 Å². The Morgan fingerprint density at radius 1 is 1.25 bits per heavy atom. The number of rotatable bonds is 3. The van der Waals surface area contributed by atoms with E-state index < -0.39 is 17.5 Å². The molecule has 0 aliphatic rings. The monoisotopic (exact) mass is 343 g/mol. The van der Waals surface area contributed by atoms with Crippen molar-refractivity contribution in [2.75, 3.05) is 10.7 Å². The predicted octanol–water partition coefficient (Wildman–Crippen LogP) is 2.06. The highest BCUT2D eigenvalue weighted by molar-refractivity contribution is 9.10. The molecule has 0 saturated heterocycles. The number of anilines is 2. The molecule has 0 unspecified atom stereocenters. The summed E-state index contributed by atoms with van der Waals surface area (Å²) in [7, 11) is 0. The Morgan fingerprint density at radius 2 is 2.00 bits per heavy atom. The fraction of sp³-hybridized carbons (Fsp3) is 0. The van der Waals surface area contributed by atoms with Crippen LogP contribution in [0.15, 0.2) is 29.0 Å². The van der Waals surface area contributed by atoms with Gasteiger partial charge in [0.25, 0.3) is 5.91 Å². The molecule has 0 fully saturated rings. The van der Waals surface area contributed by atoms with Crippen LogP contribution in [0.3, 0.4) is 0 Å². The number of halogens is 3. The molecule has 1 heterocycles. The molecule has 1 aromatic heterocycles. The highest BCUT2D eigenvalue weighted by Crippen LogP contribution is 2.23. The lowest BCUT2D eigenvalue weighted by Crippen LogP contribution is -2.17. The van der Waals surface area contributed by atoms with Gasteiger partial charge in [-0.25, -0.2) is 19.6 Å². The summed E-state index contributed by atoms with van der Waals surface area (Å²) in [5, 5.41) is 2.20. The van der Waals surface area contributed by atoms with Gasteiger partial charge in [0.2, 0.25) is 0 Å². The molecule has 4 N–H and O–H groups in total. The van der Waals surface area contributed by atoms with Crippen LogP contribution in [0.1, 0.15) is 10.5 Å². The number of aromatic nitrogens is 2. The summed E-state index contributed by atoms with van der Waals surface area (Å²) in [6.07, 6.45) is 2.47. The fourth-order valence-corrected chi connectivity index (χ4v) is 1.67. The zero-order valence-corrected chi connectivity index (χ0v) is 11.4. The Kier molecular flexibility index (Phi) is 4.20. The molecule has 9 heteroatoms. The molecule has 1 aromatic carbocycles. The molecular formula is C11H8BrF2N5O. The topological polar surface area (TPSA) is 92.9 Å². The van der Waals surface area contributed by atoms with Gasteiger partial charge >= 0.3 is 0 Å². The molecular weight excluding hydrogens is 336 g/mol. The second-order valence-corrected chi connectivity index (χ2v) is 4.49. The minimum Gasteiger partial charge on any atom is -0.318 e. The average molecular weight is 344 g/mol. The molecule has 0 aliphatic carbocycles. The van der Waals surface area contributed by atoms with Crippen molar-refractivity contribution in [1.29, 1.82) is 0 Å². The quantitative estimate of drug-likeness (QED) is 0.450. The Morgan fingerprint density at radius 3 is 2.70 bits per heavy atom. The first-order chi connectivity index (χ1) is 9.51. The van der Waals surface area contributed by atoms with Crippen LogP contribution in [-0.2, 0) is 0 Å². The van der Waals surface area contributed by atoms with E-state index in [9.17, 15) is 13.6 Å². The number of nitrogens with one attached hydrogen (secondary N) is 2. The van der Waals surface area contributed by atoms with E-state index in [0.717, 1.165) is 12.1 Å². The van der Waals surface area contributed by atoms with Gasteiger partial charge < -0.3 is 10.7 Å². The van der Waals surface area contributed by atoms with E-state index in [1.54, 1.807) is 0 Å². The minimum absolute atomic E-state index is 0.0397. The predicted molar refractivity (Wildman–Crippen MR) is 71.9 cm³/mol. The summed E-state index contributed by atoms with van der Waals surface area (Å²) in [6, 6.07) is 1.77. The summed E-state index contributed by atoms with van der Waals surface area (Å²) < 4.78 is 26.8. The number of nitrogens with two attached hydrogens (primary N) is 1. The number of hydrazine groups is 1. The van der Waals surface area contributed by atoms with Crippen LogP contribution in [0, 0.1) is 11.6 Å². The van der Waals surface area contributed by atoms with Crippen LogP contribution in [0.5, 0.6) is 0 Å². The van der Waals surface area contributed by atoms with E-state index in [1.165, 1.54) is 12.4 Å². The normalized spacial score (nSPS) is 10.2. The van der Waals surface area contributed by atoms with Crippen LogP contribution in [-0.4, -0.2) is 15.9 Å². The van der Waals surface area contributed by atoms with Crippen molar-refractivity contribution in [2.24, 2.45) is 5.84 Å². The zero-order chi connectivity index (χ0) is 14.7. The van der Waals surface area contributed by atoms with Gasteiger partial charge in [0.15, 0.2) is 5.82 Å². The van der Waals surface area contributed by atoms with Crippen molar-refractivity contribution in [1.82, 2.24) is 9.97 Å². The first-order valence-electron chi connectivity index (χ1n) is 5.26. The maximum absolute atomic E-state index is 13.6. The lowest BCUT2D eigenvalue weighted by Gasteiger charge is -2.07. The van der Waals surface area contributed by atoms with Crippen molar-refractivity contribution >= 4 is 33.3 Å². The largest absolute Gasteiger partial charge is 0.318 e. The summed E-state index contributed by atoms with van der Waals surface area (Å²) in [5.41, 5.74) is 1.82. The molecule has 0 aliphatic heterocycles. The van der Waals surface area contributed by atoms with E-state index in [-0.39, 0.29) is 21.7 Å². The first-order valence-corrected chi connectivity index (χ1v) is 6.05. The Labute approximate surface area is 120 Å². The highest BCUT2D eigenvalue weighted by Gasteiger charge is 2.14. The maximum atomic E-state index is 13.6. The van der Waals surface area contributed by atoms with Crippen molar-refractivity contribution in [3.63, 3.8) is 0 Å². The smallest absolute Gasteiger partial charge is 0.276 e. The molecule has 20 heavy (non-hydrogen) atoms. The van der Waals surface area contributed by atoms with Crippen LogP contribution < -0.4 is 16.6 Å². The van der Waals surface area contributed by atoms with E-state index in [0.29, 0.717) is 0 Å². The first kappa shape index (κ1) is 14.3. The lowest BCUT2D eigenvalue weighted by atomic mass is 10.3. The fourth-order valence-electron chi connectivity index (χ4n) is 1.35. The summed E-state index contributed by atoms with van der Waals surface area (Å²) in [6.45, 7) is 0. The third-order valence-electron chi connectivity index (χ3n) is 2.27. The third kappa shape index (κ3) is 3.06. The molecule has 2 aromatic rings. The molecule has 0 bridgehead atoms. The summed E-state index contributed by atoms with van der Waals surface area (Å²) >= 11 is 2.84. The Bertz CT molecular complexity index is 667. The van der Waals surface area contributed by atoms with Gasteiger partial charge in [-0.3, -0.25) is 9.78 Å². The van der Waals surface area contributed by atoms with Gasteiger partial charge in [-0.05, 0) is 22.0 Å². The Hall–Kier alpha value is -2.13. The highest BCUT2D eigenvalue weighted by atomic mass is 79.9. The molecule has 0 saturated carbocycles. The van der Waals surface area contributed by atoms with Gasteiger partial charge in [-0.2, -0.15) is 0 Å². The molecule has 1 amide bonds. The van der Waals surface area contributed by atoms with Gasteiger partial charge in [-0.1, -0.05) is 0 Å². The number of nitrogens with zero attached hydrogens (tertiary/aromatic N) is 2. The second-order valence-electron chi connectivity index (χ2n) is 3.63. The number of benzene rings is 1. The molecule has 0 spiro atoms. The maximum Gasteiger partial charge on any atom is 0.276 e. The van der Waals surface area contributed by atoms with E-state index in [4.69, 9.17) is 5.84 Å². The van der Waals surface area contributed by atoms with Crippen molar-refractivity contribution in [3.05, 3.63) is 46.3 Å². The molecule has 0 atom stereocenters. The number of hydrogen-bond acceptors (Lipinski definition) is 5. The number of nitrogen functional groups attached to an aromatic ring is 1. The van der Waals surface area contributed by atoms with Crippen LogP contribution in [0.25, 0.3) is 0 Å². The Balaban J connectivity index is 2.25. The lowest BCUT2D eigenvalue weighted by molar-refractivity contribution is 0.102. The van der Waals surface area contributed by atoms with Crippen LogP contribution in [0.2, 0.25) is 0 Å². The van der Waals surface area contributed by atoms with E-state index in [1.807, 2.05) is 0 Å². The second kappa shape index (κ2) is 5.88. The van der Waals surface area contributed by atoms with Crippen molar-refractivity contribution in [3.8, 4) is 0 Å². The summed E-state index contributed by atoms with van der Waals surface area (Å²) in [4.78, 5) is 19.4. The van der Waals surface area contributed by atoms with Gasteiger partial charge in [0, 0.05) is 6.07 Å². The van der Waals surface area contributed by atoms with E-state index in [2.05, 4.69) is 36.6 Å². The third-order valence-corrected chi connectivity index (χ3v) is 2.88. The SMILES string of the molecule is NNc1cncc(C(=O)Nc2cc(F)c(Br)cc2F)n1. The standard InChI is InChI=1S/C11H8BrF2N5O/c12-5-1-7(14)8(2-6(5)13)18-11(20)9-3-16-4-10(17-9)19-15/h1-4H,15H2,(H,17,19)(H,18,20). The average Bonchev–Trinajstić information content (AvgIpc) is 2.44. The van der Waals surface area contributed by atoms with Crippen LogP contribution >= 0.6 is 15.9 Å². The van der Waals surface area contributed by atoms with Gasteiger partial charge in [-0.15, -0.1) is 0 Å². The number of amides is 1. The van der Waals surface area contributed by atoms with E-state index >= 15 is 0 Å². The summed E-state index contributed by atoms with van der Waals surface area (Å²) in [5.74, 6) is 3.07. The van der Waals surface area contributed by atoms with Crippen molar-refractivity contribution in [2.45, 2.75) is 0 Å². The van der Waals surface area contributed by atoms with Crippen LogP contribution in [0.4, 0.5) is 20.3 Å². The molecule has 104 valence electrons.